The Morgan fingerprint density at radius 2 is 1.71 bits per heavy atom. The van der Waals surface area contributed by atoms with Crippen molar-refractivity contribution in [2.75, 3.05) is 6.61 Å². The second-order valence-corrected chi connectivity index (χ2v) is 5.57. The summed E-state index contributed by atoms with van der Waals surface area (Å²) < 4.78 is 16.6. The van der Waals surface area contributed by atoms with E-state index in [0.29, 0.717) is 12.9 Å². The van der Waals surface area contributed by atoms with Crippen LogP contribution in [0, 0.1) is 5.92 Å². The highest BCUT2D eigenvalue weighted by Crippen LogP contribution is 2.38. The molecule has 0 spiro atoms. The van der Waals surface area contributed by atoms with Crippen LogP contribution in [-0.4, -0.2) is 30.9 Å². The average Bonchev–Trinajstić information content (AvgIpc) is 2.35. The van der Waals surface area contributed by atoms with Crippen LogP contribution in [0.4, 0.5) is 0 Å². The summed E-state index contributed by atoms with van der Waals surface area (Å²) in [5, 5.41) is 0. The maximum absolute atomic E-state index is 11.5. The molecule has 0 aromatic heterocycles. The van der Waals surface area contributed by atoms with Crippen molar-refractivity contribution in [3.8, 4) is 0 Å². The molecule has 5 heteroatoms. The zero-order valence-electron chi connectivity index (χ0n) is 11.7. The molecule has 1 saturated heterocycles. The molecular formula is C12H23BO4. The van der Waals surface area contributed by atoms with Crippen LogP contribution in [0.5, 0.6) is 0 Å². The quantitative estimate of drug-likeness (QED) is 0.560. The molecule has 0 saturated carbocycles. The van der Waals surface area contributed by atoms with E-state index in [2.05, 4.69) is 0 Å². The largest absolute Gasteiger partial charge is 0.466 e. The lowest BCUT2D eigenvalue weighted by atomic mass is 9.78. The Morgan fingerprint density at radius 1 is 1.24 bits per heavy atom. The normalized spacial score (nSPS) is 23.5. The number of carbonyl (C=O) groups excluding carboxylic acids is 1. The second-order valence-electron chi connectivity index (χ2n) is 5.57. The standard InChI is InChI=1S/C12H23BO4/c1-7-15-10(14)9(2)8-13-16-11(3,4)12(5,6)17-13/h9H,7-8H2,1-6H3. The monoisotopic (exact) mass is 242 g/mol. The fraction of sp³-hybridized carbons (Fsp3) is 0.917. The van der Waals surface area contributed by atoms with Crippen LogP contribution in [0.25, 0.3) is 0 Å². The lowest BCUT2D eigenvalue weighted by Crippen LogP contribution is -2.41. The molecule has 0 N–H and O–H groups in total. The molecule has 0 aromatic carbocycles. The lowest BCUT2D eigenvalue weighted by Gasteiger charge is -2.32. The maximum atomic E-state index is 11.5. The van der Waals surface area contributed by atoms with E-state index in [1.54, 1.807) is 6.92 Å². The minimum absolute atomic E-state index is 0.192. The predicted octanol–water partition coefficient (Wildman–Crippen LogP) is 2.28. The van der Waals surface area contributed by atoms with Crippen molar-refractivity contribution in [1.29, 1.82) is 0 Å². The van der Waals surface area contributed by atoms with Gasteiger partial charge in [-0.25, -0.2) is 0 Å². The number of hydrogen-bond donors (Lipinski definition) is 0. The van der Waals surface area contributed by atoms with Crippen molar-refractivity contribution in [3.63, 3.8) is 0 Å². The molecule has 17 heavy (non-hydrogen) atoms. The number of carbonyl (C=O) groups is 1. The molecule has 1 heterocycles. The van der Waals surface area contributed by atoms with Gasteiger partial charge >= 0.3 is 13.1 Å². The molecule has 0 bridgehead atoms. The Morgan fingerprint density at radius 3 is 2.12 bits per heavy atom. The Bertz CT molecular complexity index is 272. The van der Waals surface area contributed by atoms with Gasteiger partial charge in [0, 0.05) is 0 Å². The first-order chi connectivity index (χ1) is 7.69. The molecule has 1 fully saturated rings. The van der Waals surface area contributed by atoms with E-state index in [4.69, 9.17) is 14.0 Å². The minimum atomic E-state index is -0.341. The van der Waals surface area contributed by atoms with Crippen molar-refractivity contribution in [1.82, 2.24) is 0 Å². The predicted molar refractivity (Wildman–Crippen MR) is 66.7 cm³/mol. The van der Waals surface area contributed by atoms with Crippen LogP contribution >= 0.6 is 0 Å². The van der Waals surface area contributed by atoms with E-state index < -0.39 is 0 Å². The van der Waals surface area contributed by atoms with Gasteiger partial charge in [0.05, 0.1) is 23.7 Å². The van der Waals surface area contributed by atoms with Crippen molar-refractivity contribution in [2.24, 2.45) is 5.92 Å². The van der Waals surface area contributed by atoms with Gasteiger partial charge in [0.1, 0.15) is 0 Å². The highest BCUT2D eigenvalue weighted by atomic mass is 16.7. The summed E-state index contributed by atoms with van der Waals surface area (Å²) in [6.45, 7) is 12.1. The molecule has 0 aliphatic carbocycles. The molecule has 98 valence electrons. The fourth-order valence-corrected chi connectivity index (χ4v) is 1.73. The summed E-state index contributed by atoms with van der Waals surface area (Å²) in [4.78, 5) is 11.5. The molecule has 1 aliphatic heterocycles. The molecule has 0 amide bonds. The van der Waals surface area contributed by atoms with E-state index in [-0.39, 0.29) is 30.2 Å². The zero-order valence-corrected chi connectivity index (χ0v) is 11.7. The second kappa shape index (κ2) is 4.98. The summed E-state index contributed by atoms with van der Waals surface area (Å²) in [5.41, 5.74) is -0.682. The van der Waals surface area contributed by atoms with Gasteiger partial charge in [0.2, 0.25) is 0 Å². The van der Waals surface area contributed by atoms with Crippen molar-refractivity contribution in [3.05, 3.63) is 0 Å². The van der Waals surface area contributed by atoms with Gasteiger partial charge in [-0.2, -0.15) is 0 Å². The van der Waals surface area contributed by atoms with E-state index in [9.17, 15) is 4.79 Å². The third-order valence-electron chi connectivity index (χ3n) is 3.54. The third-order valence-corrected chi connectivity index (χ3v) is 3.54. The van der Waals surface area contributed by atoms with E-state index in [1.807, 2.05) is 34.6 Å². The molecule has 1 unspecified atom stereocenters. The smallest absolute Gasteiger partial charge is 0.458 e. The minimum Gasteiger partial charge on any atom is -0.466 e. The summed E-state index contributed by atoms with van der Waals surface area (Å²) in [6.07, 6.45) is 0.533. The zero-order chi connectivity index (χ0) is 13.3. The van der Waals surface area contributed by atoms with Crippen LogP contribution in [0.3, 0.4) is 0 Å². The van der Waals surface area contributed by atoms with E-state index >= 15 is 0 Å². The van der Waals surface area contributed by atoms with Crippen LogP contribution in [0.15, 0.2) is 0 Å². The molecule has 0 aromatic rings. The van der Waals surface area contributed by atoms with Gasteiger partial charge < -0.3 is 14.0 Å². The van der Waals surface area contributed by atoms with Crippen LogP contribution < -0.4 is 0 Å². The highest BCUT2D eigenvalue weighted by molar-refractivity contribution is 6.46. The SMILES string of the molecule is CCOC(=O)C(C)CB1OC(C)(C)C(C)(C)O1. The van der Waals surface area contributed by atoms with Crippen LogP contribution in [0.2, 0.25) is 6.32 Å². The fourth-order valence-electron chi connectivity index (χ4n) is 1.73. The molecule has 4 nitrogen and oxygen atoms in total. The summed E-state index contributed by atoms with van der Waals surface area (Å²) in [7, 11) is -0.334. The third kappa shape index (κ3) is 3.22. The summed E-state index contributed by atoms with van der Waals surface area (Å²) in [5.74, 6) is -0.396. The Labute approximate surface area is 104 Å². The van der Waals surface area contributed by atoms with Gasteiger partial charge in [0.15, 0.2) is 0 Å². The first-order valence-corrected chi connectivity index (χ1v) is 6.22. The number of ether oxygens (including phenoxy) is 1. The van der Waals surface area contributed by atoms with E-state index in [1.165, 1.54) is 0 Å². The number of rotatable bonds is 4. The molecule has 1 rings (SSSR count). The molecular weight excluding hydrogens is 219 g/mol. The van der Waals surface area contributed by atoms with Crippen molar-refractivity contribution in [2.45, 2.75) is 59.1 Å². The molecule has 1 atom stereocenters. The van der Waals surface area contributed by atoms with Gasteiger partial charge in [-0.1, -0.05) is 6.92 Å². The topological polar surface area (TPSA) is 44.8 Å². The van der Waals surface area contributed by atoms with Crippen molar-refractivity contribution < 1.29 is 18.8 Å². The van der Waals surface area contributed by atoms with Crippen LogP contribution in [-0.2, 0) is 18.8 Å². The molecule has 0 radical (unpaired) electrons. The first-order valence-electron chi connectivity index (χ1n) is 6.22. The lowest BCUT2D eigenvalue weighted by molar-refractivity contribution is -0.146. The van der Waals surface area contributed by atoms with Crippen molar-refractivity contribution >= 4 is 13.1 Å². The van der Waals surface area contributed by atoms with Gasteiger partial charge in [-0.05, 0) is 40.9 Å². The number of esters is 1. The van der Waals surface area contributed by atoms with Crippen LogP contribution in [0.1, 0.15) is 41.5 Å². The summed E-state index contributed by atoms with van der Waals surface area (Å²) >= 11 is 0. The molecule has 1 aliphatic rings. The van der Waals surface area contributed by atoms with Gasteiger partial charge in [-0.15, -0.1) is 0 Å². The Hall–Kier alpha value is -0.545. The Kier molecular flexibility index (Phi) is 4.26. The maximum Gasteiger partial charge on any atom is 0.458 e. The highest BCUT2D eigenvalue weighted by Gasteiger charge is 2.51. The summed E-state index contributed by atoms with van der Waals surface area (Å²) in [6, 6.07) is 0. The van der Waals surface area contributed by atoms with E-state index in [0.717, 1.165) is 0 Å². The van der Waals surface area contributed by atoms with Gasteiger partial charge in [-0.3, -0.25) is 4.79 Å². The first kappa shape index (κ1) is 14.5. The average molecular weight is 242 g/mol. The van der Waals surface area contributed by atoms with Gasteiger partial charge in [0.25, 0.3) is 0 Å². The Balaban J connectivity index is 2.53. The number of hydrogen-bond acceptors (Lipinski definition) is 4.